The number of aliphatic imine (C=N–C) groups is 1. The van der Waals surface area contributed by atoms with Gasteiger partial charge < -0.3 is 5.32 Å². The maximum atomic E-state index is 4.89. The van der Waals surface area contributed by atoms with Crippen molar-refractivity contribution >= 4 is 56.8 Å². The van der Waals surface area contributed by atoms with Gasteiger partial charge in [-0.25, -0.2) is 4.99 Å². The van der Waals surface area contributed by atoms with Crippen molar-refractivity contribution in [3.05, 3.63) is 146 Å². The molecule has 0 aromatic heterocycles. The summed E-state index contributed by atoms with van der Waals surface area (Å²) >= 11 is 1.61. The Balaban J connectivity index is 1.63. The second-order valence-electron chi connectivity index (χ2n) is 8.31. The van der Waals surface area contributed by atoms with E-state index in [0.717, 1.165) is 16.5 Å². The monoisotopic (exact) mass is 503 g/mol. The van der Waals surface area contributed by atoms with Gasteiger partial charge in [0.1, 0.15) is 28.5 Å². The molecule has 2 nitrogen and oxygen atoms in total. The number of benzene rings is 5. The number of amidine groups is 1. The molecule has 0 bridgehead atoms. The van der Waals surface area contributed by atoms with Crippen LogP contribution in [0, 0.1) is 0 Å². The number of rotatable bonds is 6. The van der Waals surface area contributed by atoms with Crippen LogP contribution in [-0.2, 0) is 0 Å². The number of para-hydroxylation sites is 1. The molecule has 0 atom stereocenters. The Kier molecular flexibility index (Phi) is 7.61. The lowest BCUT2D eigenvalue weighted by Gasteiger charge is -2.27. The average Bonchev–Trinajstić information content (AvgIpc) is 2.96. The van der Waals surface area contributed by atoms with Crippen LogP contribution in [0.25, 0.3) is 0 Å². The van der Waals surface area contributed by atoms with Crippen LogP contribution in [0.15, 0.2) is 151 Å². The third-order valence-corrected chi connectivity index (χ3v) is 11.0. The summed E-state index contributed by atoms with van der Waals surface area (Å²) in [6.07, 6.45) is 2.04. The quantitative estimate of drug-likeness (QED) is 0.157. The van der Waals surface area contributed by atoms with E-state index in [1.165, 1.54) is 21.2 Å². The molecule has 4 heteroatoms. The van der Waals surface area contributed by atoms with Gasteiger partial charge in [-0.3, -0.25) is 0 Å². The molecule has 1 N–H and O–H groups in total. The molecule has 0 amide bonds. The third kappa shape index (κ3) is 4.99. The molecule has 0 saturated heterocycles. The molecule has 5 aromatic rings. The van der Waals surface area contributed by atoms with Gasteiger partial charge in [0.05, 0.1) is 5.69 Å². The van der Waals surface area contributed by atoms with Gasteiger partial charge in [-0.1, -0.05) is 84.6 Å². The summed E-state index contributed by atoms with van der Waals surface area (Å²) in [4.78, 5) is 4.89. The molecular weight excluding hydrogens is 475 g/mol. The van der Waals surface area contributed by atoms with E-state index < -0.39 is 7.26 Å². The Morgan fingerprint density at radius 2 is 0.917 bits per heavy atom. The zero-order valence-electron chi connectivity index (χ0n) is 20.2. The Hall–Kier alpha value is -3.65. The van der Waals surface area contributed by atoms with Crippen LogP contribution in [0.4, 0.5) is 11.4 Å². The lowest BCUT2D eigenvalue weighted by atomic mass is 10.3. The fourth-order valence-electron chi connectivity index (χ4n) is 4.49. The Bertz CT molecular complexity index is 1310. The Labute approximate surface area is 218 Å². The van der Waals surface area contributed by atoms with Gasteiger partial charge in [0.15, 0.2) is 5.17 Å². The molecule has 5 aromatic carbocycles. The molecule has 0 unspecified atom stereocenters. The smallest absolute Gasteiger partial charge is 0.165 e. The van der Waals surface area contributed by atoms with Crippen LogP contribution in [0.1, 0.15) is 0 Å². The lowest BCUT2D eigenvalue weighted by molar-refractivity contribution is 1.52. The predicted octanol–water partition coefficient (Wildman–Crippen LogP) is 6.77. The summed E-state index contributed by atoms with van der Waals surface area (Å²) in [5.74, 6) is 0. The zero-order valence-corrected chi connectivity index (χ0v) is 21.9. The van der Waals surface area contributed by atoms with Crippen LogP contribution in [0.5, 0.6) is 0 Å². The average molecular weight is 504 g/mol. The highest BCUT2D eigenvalue weighted by Gasteiger charge is 2.47. The topological polar surface area (TPSA) is 24.4 Å². The fourth-order valence-corrected chi connectivity index (χ4v) is 9.15. The fraction of sp³-hybridized carbons (Fsp3) is 0.0312. The van der Waals surface area contributed by atoms with Gasteiger partial charge in [-0.15, -0.1) is 0 Å². The van der Waals surface area contributed by atoms with Crippen molar-refractivity contribution in [2.45, 2.75) is 0 Å². The van der Waals surface area contributed by atoms with Gasteiger partial charge in [0.25, 0.3) is 0 Å². The molecule has 0 fully saturated rings. The Morgan fingerprint density at radius 3 is 1.33 bits per heavy atom. The van der Waals surface area contributed by atoms with Gasteiger partial charge in [0.2, 0.25) is 0 Å². The molecule has 0 aliphatic heterocycles. The van der Waals surface area contributed by atoms with Crippen LogP contribution in [-0.4, -0.2) is 11.4 Å². The van der Waals surface area contributed by atoms with Crippen LogP contribution in [0.3, 0.4) is 0 Å². The van der Waals surface area contributed by atoms with E-state index in [1.807, 2.05) is 36.6 Å². The molecule has 0 spiro atoms. The molecule has 0 aliphatic rings. The summed E-state index contributed by atoms with van der Waals surface area (Å²) in [7, 11) is -2.09. The SMILES string of the molecule is CSC(=Nc1ccc([P+](c2ccccc2)(c2ccccc2)c2ccccc2)cc1)Nc1ccccc1. The van der Waals surface area contributed by atoms with E-state index in [1.54, 1.807) is 11.8 Å². The van der Waals surface area contributed by atoms with E-state index in [4.69, 9.17) is 4.99 Å². The number of nitrogens with one attached hydrogen (secondary N) is 1. The van der Waals surface area contributed by atoms with E-state index in [0.29, 0.717) is 0 Å². The minimum atomic E-state index is -2.09. The molecular formula is C32H28N2PS+. The molecule has 0 heterocycles. The second kappa shape index (κ2) is 11.4. The first-order valence-corrected chi connectivity index (χ1v) is 14.9. The van der Waals surface area contributed by atoms with Crippen molar-refractivity contribution in [1.82, 2.24) is 0 Å². The molecule has 0 aliphatic carbocycles. The second-order valence-corrected chi connectivity index (χ2v) is 12.5. The largest absolute Gasteiger partial charge is 0.335 e. The van der Waals surface area contributed by atoms with Crippen LogP contribution >= 0.6 is 19.0 Å². The van der Waals surface area contributed by atoms with Crippen molar-refractivity contribution < 1.29 is 0 Å². The van der Waals surface area contributed by atoms with E-state index in [2.05, 4.69) is 121 Å². The van der Waals surface area contributed by atoms with E-state index in [9.17, 15) is 0 Å². The predicted molar refractivity (Wildman–Crippen MR) is 162 cm³/mol. The van der Waals surface area contributed by atoms with E-state index in [-0.39, 0.29) is 0 Å². The molecule has 176 valence electrons. The number of hydrogen-bond acceptors (Lipinski definition) is 2. The number of nitrogens with zero attached hydrogens (tertiary/aromatic N) is 1. The van der Waals surface area contributed by atoms with Gasteiger partial charge in [0, 0.05) is 5.69 Å². The van der Waals surface area contributed by atoms with Crippen LogP contribution in [0.2, 0.25) is 0 Å². The number of thioether (sulfide) groups is 1. The van der Waals surface area contributed by atoms with Gasteiger partial charge in [-0.2, -0.15) is 0 Å². The van der Waals surface area contributed by atoms with Crippen molar-refractivity contribution in [2.24, 2.45) is 4.99 Å². The minimum Gasteiger partial charge on any atom is -0.335 e. The molecule has 0 saturated carbocycles. The zero-order chi connectivity index (χ0) is 24.6. The van der Waals surface area contributed by atoms with Crippen molar-refractivity contribution in [3.63, 3.8) is 0 Å². The standard InChI is InChI=1S/C32H28N2PS/c1-36-32(33-26-14-6-2-7-15-26)34-27-22-24-31(25-23-27)35(28-16-8-3-9-17-28,29-18-10-4-11-19-29)30-20-12-5-13-21-30/h2-25H,1H3,(H,33,34)/q+1. The molecule has 5 rings (SSSR count). The maximum absolute atomic E-state index is 4.89. The summed E-state index contributed by atoms with van der Waals surface area (Å²) in [6.45, 7) is 0. The highest BCUT2D eigenvalue weighted by atomic mass is 32.2. The lowest BCUT2D eigenvalue weighted by Crippen LogP contribution is -2.38. The highest BCUT2D eigenvalue weighted by molar-refractivity contribution is 8.13. The Morgan fingerprint density at radius 1 is 0.528 bits per heavy atom. The summed E-state index contributed by atoms with van der Waals surface area (Å²) in [5.41, 5.74) is 1.96. The van der Waals surface area contributed by atoms with Gasteiger partial charge >= 0.3 is 0 Å². The minimum absolute atomic E-state index is 0.865. The van der Waals surface area contributed by atoms with Crippen molar-refractivity contribution in [1.29, 1.82) is 0 Å². The first-order valence-electron chi connectivity index (χ1n) is 11.9. The van der Waals surface area contributed by atoms with E-state index >= 15 is 0 Å². The molecule has 36 heavy (non-hydrogen) atoms. The first kappa shape index (κ1) is 24.1. The highest BCUT2D eigenvalue weighted by Crippen LogP contribution is 2.54. The number of anilines is 1. The summed E-state index contributed by atoms with van der Waals surface area (Å²) in [5, 5.41) is 9.62. The van der Waals surface area contributed by atoms with Crippen molar-refractivity contribution in [3.8, 4) is 0 Å². The normalized spacial score (nSPS) is 11.8. The maximum Gasteiger partial charge on any atom is 0.165 e. The van der Waals surface area contributed by atoms with Gasteiger partial charge in [-0.05, 0) is 79.1 Å². The first-order chi connectivity index (χ1) is 17.8. The van der Waals surface area contributed by atoms with Crippen molar-refractivity contribution in [2.75, 3.05) is 11.6 Å². The van der Waals surface area contributed by atoms with Crippen LogP contribution < -0.4 is 26.5 Å². The summed E-state index contributed by atoms with van der Waals surface area (Å²) in [6, 6.07) is 51.8. The third-order valence-electron chi connectivity index (χ3n) is 6.12. The summed E-state index contributed by atoms with van der Waals surface area (Å²) < 4.78 is 0. The molecule has 0 radical (unpaired) electrons. The number of hydrogen-bond donors (Lipinski definition) is 1.